The van der Waals surface area contributed by atoms with Crippen LogP contribution in [-0.2, 0) is 0 Å². The van der Waals surface area contributed by atoms with E-state index in [1.165, 1.54) is 22.3 Å². The first-order valence-electron chi connectivity index (χ1n) is 16.7. The highest BCUT2D eigenvalue weighted by molar-refractivity contribution is 5.80. The summed E-state index contributed by atoms with van der Waals surface area (Å²) in [6, 6.07) is 43.4. The molecule has 0 radical (unpaired) electrons. The van der Waals surface area contributed by atoms with Crippen molar-refractivity contribution in [2.45, 2.75) is 27.2 Å². The first-order valence-corrected chi connectivity index (χ1v) is 16.7. The van der Waals surface area contributed by atoms with Crippen molar-refractivity contribution >= 4 is 28.4 Å². The number of allylic oxidation sites excluding steroid dienone is 8. The van der Waals surface area contributed by atoms with Gasteiger partial charge in [-0.3, -0.25) is 0 Å². The molecule has 0 unspecified atom stereocenters. The van der Waals surface area contributed by atoms with Crippen molar-refractivity contribution < 1.29 is 0 Å². The summed E-state index contributed by atoms with van der Waals surface area (Å²) in [6.07, 6.45) is 13.5. The first kappa shape index (κ1) is 32.9. The lowest BCUT2D eigenvalue weighted by Gasteiger charge is -2.26. The van der Waals surface area contributed by atoms with Gasteiger partial charge in [-0.1, -0.05) is 109 Å². The van der Waals surface area contributed by atoms with Crippen molar-refractivity contribution in [3.05, 3.63) is 199 Å². The molecule has 5 aromatic carbocycles. The number of hydrogen-bond donors (Lipinski definition) is 2. The van der Waals surface area contributed by atoms with Gasteiger partial charge in [0.2, 0.25) is 0 Å². The third-order valence-electron chi connectivity index (χ3n) is 8.43. The Hall–Kier alpha value is -6.06. The molecule has 0 fully saturated rings. The second-order valence-corrected chi connectivity index (χ2v) is 12.6. The average molecular weight is 638 g/mol. The molecule has 0 saturated carbocycles. The maximum atomic E-state index is 4.08. The molecule has 3 nitrogen and oxygen atoms in total. The lowest BCUT2D eigenvalue weighted by Crippen LogP contribution is -2.09. The Morgan fingerprint density at radius 2 is 1.06 bits per heavy atom. The molecule has 1 aliphatic rings. The monoisotopic (exact) mass is 637 g/mol. The zero-order valence-electron chi connectivity index (χ0n) is 28.6. The molecule has 0 atom stereocenters. The maximum Gasteiger partial charge on any atom is 0.0462 e. The van der Waals surface area contributed by atoms with Gasteiger partial charge in [0.15, 0.2) is 0 Å². The van der Waals surface area contributed by atoms with Gasteiger partial charge in [-0.25, -0.2) is 0 Å². The molecule has 0 amide bonds. The Morgan fingerprint density at radius 1 is 0.592 bits per heavy atom. The Labute approximate surface area is 291 Å². The fourth-order valence-electron chi connectivity index (χ4n) is 5.69. The number of nitrogens with one attached hydrogen (secondary N) is 2. The molecule has 0 aliphatic heterocycles. The summed E-state index contributed by atoms with van der Waals surface area (Å²) in [5, 5.41) is 6.86. The van der Waals surface area contributed by atoms with Crippen LogP contribution in [0.15, 0.2) is 193 Å². The zero-order chi connectivity index (χ0) is 34.2. The molecule has 1 aliphatic carbocycles. The Bertz CT molecular complexity index is 2040. The minimum absolute atomic E-state index is 0.823. The summed E-state index contributed by atoms with van der Waals surface area (Å²) in [6.45, 7) is 14.2. The quantitative estimate of drug-likeness (QED) is 0.141. The van der Waals surface area contributed by atoms with Gasteiger partial charge in [0.25, 0.3) is 0 Å². The molecule has 0 saturated heterocycles. The molecular weight excluding hydrogens is 595 g/mol. The van der Waals surface area contributed by atoms with Crippen LogP contribution in [0.2, 0.25) is 0 Å². The predicted octanol–water partition coefficient (Wildman–Crippen LogP) is 13.1. The fourth-order valence-corrected chi connectivity index (χ4v) is 5.69. The highest BCUT2D eigenvalue weighted by Gasteiger charge is 2.13. The van der Waals surface area contributed by atoms with E-state index in [1.54, 1.807) is 0 Å². The minimum atomic E-state index is 0.823. The molecule has 0 spiro atoms. The maximum absolute atomic E-state index is 4.08. The van der Waals surface area contributed by atoms with Gasteiger partial charge in [-0.05, 0) is 128 Å². The predicted molar refractivity (Wildman–Crippen MR) is 213 cm³/mol. The van der Waals surface area contributed by atoms with Crippen LogP contribution in [0.5, 0.6) is 0 Å². The number of aryl methyl sites for hydroxylation is 1. The SMILES string of the molecule is C=C(C)/C=C\C(=C)Nc1ccc(-c2ccc(N(c3ccc(C)cc3)c3ccc(-c4ccc(NC5=CC=C(C)CC=C5)cc4)cc3)cc2)cc1. The van der Waals surface area contributed by atoms with Crippen LogP contribution in [0, 0.1) is 6.92 Å². The normalized spacial score (nSPS) is 12.6. The van der Waals surface area contributed by atoms with Crippen LogP contribution in [0.25, 0.3) is 22.3 Å². The van der Waals surface area contributed by atoms with Crippen molar-refractivity contribution in [2.24, 2.45) is 0 Å². The summed E-state index contributed by atoms with van der Waals surface area (Å²) >= 11 is 0. The van der Waals surface area contributed by atoms with E-state index >= 15 is 0 Å². The number of anilines is 5. The van der Waals surface area contributed by atoms with Crippen LogP contribution in [0.3, 0.4) is 0 Å². The topological polar surface area (TPSA) is 27.3 Å². The van der Waals surface area contributed by atoms with E-state index in [2.05, 4.69) is 188 Å². The van der Waals surface area contributed by atoms with Gasteiger partial charge >= 0.3 is 0 Å². The molecule has 0 bridgehead atoms. The van der Waals surface area contributed by atoms with Gasteiger partial charge in [-0.15, -0.1) is 0 Å². The van der Waals surface area contributed by atoms with Gasteiger partial charge in [-0.2, -0.15) is 0 Å². The number of hydrogen-bond acceptors (Lipinski definition) is 3. The number of nitrogens with zero attached hydrogens (tertiary/aromatic N) is 1. The Balaban J connectivity index is 1.20. The van der Waals surface area contributed by atoms with E-state index in [0.29, 0.717) is 0 Å². The first-order chi connectivity index (χ1) is 23.8. The van der Waals surface area contributed by atoms with E-state index in [0.717, 1.165) is 63.0 Å². The lowest BCUT2D eigenvalue weighted by molar-refractivity contribution is 1.22. The molecule has 242 valence electrons. The molecule has 6 rings (SSSR count). The van der Waals surface area contributed by atoms with Crippen molar-refractivity contribution in [3.63, 3.8) is 0 Å². The van der Waals surface area contributed by atoms with Gasteiger partial charge in [0, 0.05) is 39.8 Å². The summed E-state index contributed by atoms with van der Waals surface area (Å²) in [5.41, 5.74) is 15.6. The molecular formula is C46H43N3. The van der Waals surface area contributed by atoms with E-state index in [1.807, 2.05) is 19.1 Å². The van der Waals surface area contributed by atoms with E-state index in [-0.39, 0.29) is 0 Å². The van der Waals surface area contributed by atoms with Crippen LogP contribution in [-0.4, -0.2) is 0 Å². The smallest absolute Gasteiger partial charge is 0.0462 e. The second-order valence-electron chi connectivity index (χ2n) is 12.6. The molecule has 0 heterocycles. The van der Waals surface area contributed by atoms with Gasteiger partial charge in [0.05, 0.1) is 0 Å². The number of benzene rings is 5. The van der Waals surface area contributed by atoms with E-state index < -0.39 is 0 Å². The van der Waals surface area contributed by atoms with Gasteiger partial charge in [0.1, 0.15) is 0 Å². The fraction of sp³-hybridized carbons (Fsp3) is 0.0870. The van der Waals surface area contributed by atoms with E-state index in [4.69, 9.17) is 0 Å². The minimum Gasteiger partial charge on any atom is -0.356 e. The summed E-state index contributed by atoms with van der Waals surface area (Å²) in [4.78, 5) is 2.31. The average Bonchev–Trinajstić information content (AvgIpc) is 3.33. The Kier molecular flexibility index (Phi) is 10.2. The van der Waals surface area contributed by atoms with Crippen molar-refractivity contribution in [3.8, 4) is 22.3 Å². The van der Waals surface area contributed by atoms with Crippen LogP contribution in [0.1, 0.15) is 25.8 Å². The van der Waals surface area contributed by atoms with Crippen LogP contribution >= 0.6 is 0 Å². The highest BCUT2D eigenvalue weighted by Crippen LogP contribution is 2.37. The molecule has 3 heteroatoms. The number of rotatable bonds is 11. The van der Waals surface area contributed by atoms with Crippen molar-refractivity contribution in [1.82, 2.24) is 0 Å². The summed E-state index contributed by atoms with van der Waals surface area (Å²) < 4.78 is 0. The molecule has 0 aromatic heterocycles. The largest absolute Gasteiger partial charge is 0.356 e. The standard InChI is InChI=1S/C46H43N3/c1-33(2)9-13-36(5)47-42-23-14-37(15-24-42)39-18-29-45(30-19-39)49(44-27-11-35(4)12-28-44)46-31-20-40(21-32-46)38-16-25-43(26-17-38)48-41-8-6-7-34(3)10-22-41/h6,8-32,47-48H,1,5,7H2,2-4H3/b13-9-. The van der Waals surface area contributed by atoms with Gasteiger partial charge < -0.3 is 15.5 Å². The highest BCUT2D eigenvalue weighted by atomic mass is 15.1. The summed E-state index contributed by atoms with van der Waals surface area (Å²) in [5.74, 6) is 0. The molecule has 49 heavy (non-hydrogen) atoms. The zero-order valence-corrected chi connectivity index (χ0v) is 28.6. The third-order valence-corrected chi connectivity index (χ3v) is 8.43. The van der Waals surface area contributed by atoms with Crippen LogP contribution < -0.4 is 15.5 Å². The van der Waals surface area contributed by atoms with E-state index in [9.17, 15) is 0 Å². The van der Waals surface area contributed by atoms with Crippen molar-refractivity contribution in [1.29, 1.82) is 0 Å². The summed E-state index contributed by atoms with van der Waals surface area (Å²) in [7, 11) is 0. The third kappa shape index (κ3) is 8.65. The molecule has 5 aromatic rings. The lowest BCUT2D eigenvalue weighted by atomic mass is 10.0. The second kappa shape index (κ2) is 15.2. The molecule has 2 N–H and O–H groups in total. The van der Waals surface area contributed by atoms with Crippen LogP contribution in [0.4, 0.5) is 28.4 Å². The van der Waals surface area contributed by atoms with Crippen molar-refractivity contribution in [2.75, 3.05) is 15.5 Å². The Morgan fingerprint density at radius 3 is 1.57 bits per heavy atom.